The predicted molar refractivity (Wildman–Crippen MR) is 122 cm³/mol. The number of benzene rings is 1. The van der Waals surface area contributed by atoms with Crippen molar-refractivity contribution in [2.45, 2.75) is 26.2 Å². The number of imidazole rings is 1. The van der Waals surface area contributed by atoms with E-state index in [9.17, 15) is 4.79 Å². The van der Waals surface area contributed by atoms with Gasteiger partial charge in [0.05, 0.1) is 11.2 Å². The molecule has 1 N–H and O–H groups in total. The summed E-state index contributed by atoms with van der Waals surface area (Å²) in [7, 11) is 1.87. The third kappa shape index (κ3) is 3.21. The fourth-order valence-corrected chi connectivity index (χ4v) is 3.99. The fourth-order valence-electron chi connectivity index (χ4n) is 3.84. The maximum Gasteiger partial charge on any atom is 0.339 e. The predicted octanol–water partition coefficient (Wildman–Crippen LogP) is 5.19. The van der Waals surface area contributed by atoms with Gasteiger partial charge in [0.2, 0.25) is 0 Å². The first-order valence-electron chi connectivity index (χ1n) is 9.70. The minimum Gasteiger partial charge on any atom is -0.388 e. The van der Waals surface area contributed by atoms with Crippen molar-refractivity contribution in [1.29, 1.82) is 0 Å². The van der Waals surface area contributed by atoms with Gasteiger partial charge < -0.3 is 5.32 Å². The van der Waals surface area contributed by atoms with Crippen LogP contribution < -0.4 is 11.0 Å². The van der Waals surface area contributed by atoms with Crippen molar-refractivity contribution >= 4 is 40.2 Å². The third-order valence-electron chi connectivity index (χ3n) is 5.34. The van der Waals surface area contributed by atoms with Gasteiger partial charge in [0.25, 0.3) is 0 Å². The van der Waals surface area contributed by atoms with Gasteiger partial charge in [-0.15, -0.1) is 0 Å². The third-order valence-corrected chi connectivity index (χ3v) is 5.66. The molecule has 1 aliphatic rings. The standard InChI is InChI=1S/C23H23ClN4O/c1-4-15-14-26-22-21(20(15)5-2)27(18-10-6-16(24)7-11-18)23(29)28(22)19-12-8-17(25-3)9-13-19/h4,6,8-10,12-14,25H,1,5,7,11H2,2-3H3. The van der Waals surface area contributed by atoms with Gasteiger partial charge in [-0.05, 0) is 66.8 Å². The Bertz CT molecular complexity index is 1210. The minimum atomic E-state index is -0.127. The fraction of sp³-hybridized carbons (Fsp3) is 0.217. The molecule has 1 aromatic carbocycles. The van der Waals surface area contributed by atoms with Crippen LogP contribution in [0.25, 0.3) is 28.6 Å². The summed E-state index contributed by atoms with van der Waals surface area (Å²) in [6.45, 7) is 6.01. The largest absolute Gasteiger partial charge is 0.388 e. The summed E-state index contributed by atoms with van der Waals surface area (Å²) >= 11 is 6.16. The summed E-state index contributed by atoms with van der Waals surface area (Å²) in [4.78, 5) is 18.3. The number of aromatic nitrogens is 3. The molecule has 0 fully saturated rings. The number of hydrogen-bond donors (Lipinski definition) is 1. The molecule has 6 heteroatoms. The lowest BCUT2D eigenvalue weighted by molar-refractivity contribution is 0.880. The molecule has 0 amide bonds. The van der Waals surface area contributed by atoms with Gasteiger partial charge in [-0.25, -0.2) is 14.3 Å². The van der Waals surface area contributed by atoms with Gasteiger partial charge in [0.15, 0.2) is 5.65 Å². The maximum atomic E-state index is 13.6. The topological polar surface area (TPSA) is 51.9 Å². The smallest absolute Gasteiger partial charge is 0.339 e. The summed E-state index contributed by atoms with van der Waals surface area (Å²) in [5.74, 6) is 0. The van der Waals surface area contributed by atoms with Crippen molar-refractivity contribution in [3.8, 4) is 5.69 Å². The van der Waals surface area contributed by atoms with Gasteiger partial charge in [-0.3, -0.25) is 4.57 Å². The zero-order valence-corrected chi connectivity index (χ0v) is 17.3. The number of rotatable bonds is 5. The van der Waals surface area contributed by atoms with Crippen LogP contribution in [0.3, 0.4) is 0 Å². The summed E-state index contributed by atoms with van der Waals surface area (Å²) in [6.07, 6.45) is 9.59. The molecule has 3 aromatic rings. The highest BCUT2D eigenvalue weighted by Crippen LogP contribution is 2.30. The molecule has 29 heavy (non-hydrogen) atoms. The summed E-state index contributed by atoms with van der Waals surface area (Å²) in [6, 6.07) is 7.76. The molecule has 148 valence electrons. The molecular weight excluding hydrogens is 384 g/mol. The van der Waals surface area contributed by atoms with Gasteiger partial charge >= 0.3 is 5.69 Å². The van der Waals surface area contributed by atoms with Gasteiger partial charge in [-0.2, -0.15) is 0 Å². The number of fused-ring (bicyclic) bond motifs is 1. The number of nitrogens with zero attached hydrogens (tertiary/aromatic N) is 3. The first-order chi connectivity index (χ1) is 14.1. The number of aryl methyl sites for hydroxylation is 1. The second-order valence-corrected chi connectivity index (χ2v) is 7.43. The second kappa shape index (κ2) is 7.76. The Balaban J connectivity index is 2.09. The number of pyridine rings is 1. The Morgan fingerprint density at radius 1 is 1.21 bits per heavy atom. The average Bonchev–Trinajstić information content (AvgIpc) is 3.05. The van der Waals surface area contributed by atoms with Crippen LogP contribution in [-0.4, -0.2) is 21.2 Å². The van der Waals surface area contributed by atoms with Crippen LogP contribution >= 0.6 is 11.6 Å². The second-order valence-electron chi connectivity index (χ2n) is 6.94. The molecule has 2 aromatic heterocycles. The summed E-state index contributed by atoms with van der Waals surface area (Å²) in [5, 5.41) is 3.90. The van der Waals surface area contributed by atoms with E-state index in [2.05, 4.69) is 23.8 Å². The SMILES string of the molecule is C=Cc1cnc2c(c1CC)n(C1=CC=C(Cl)CC1)c(=O)n2-c1ccc(NC)cc1. The molecule has 1 aliphatic carbocycles. The molecule has 0 bridgehead atoms. The lowest BCUT2D eigenvalue weighted by Crippen LogP contribution is -2.23. The first-order valence-corrected chi connectivity index (χ1v) is 10.1. The molecule has 0 aliphatic heterocycles. The molecule has 0 unspecified atom stereocenters. The maximum absolute atomic E-state index is 13.6. The van der Waals surface area contributed by atoms with E-state index in [4.69, 9.17) is 11.6 Å². The van der Waals surface area contributed by atoms with Crippen LogP contribution in [0.2, 0.25) is 0 Å². The van der Waals surface area contributed by atoms with Crippen LogP contribution in [0.5, 0.6) is 0 Å². The summed E-state index contributed by atoms with van der Waals surface area (Å²) < 4.78 is 3.47. The van der Waals surface area contributed by atoms with E-state index in [-0.39, 0.29) is 5.69 Å². The minimum absolute atomic E-state index is 0.127. The molecular formula is C23H23ClN4O. The highest BCUT2D eigenvalue weighted by Gasteiger charge is 2.22. The number of hydrogen-bond acceptors (Lipinski definition) is 3. The molecule has 0 radical (unpaired) electrons. The lowest BCUT2D eigenvalue weighted by atomic mass is 10.1. The van der Waals surface area contributed by atoms with Crippen molar-refractivity contribution in [1.82, 2.24) is 14.1 Å². The molecule has 2 heterocycles. The number of anilines is 1. The zero-order chi connectivity index (χ0) is 20.5. The Labute approximate surface area is 174 Å². The number of halogens is 1. The first kappa shape index (κ1) is 19.3. The Morgan fingerprint density at radius 2 is 1.97 bits per heavy atom. The molecule has 0 atom stereocenters. The highest BCUT2D eigenvalue weighted by atomic mass is 35.5. The van der Waals surface area contributed by atoms with Crippen LogP contribution in [0.4, 0.5) is 5.69 Å². The van der Waals surface area contributed by atoms with Crippen molar-refractivity contribution < 1.29 is 0 Å². The Morgan fingerprint density at radius 3 is 2.55 bits per heavy atom. The monoisotopic (exact) mass is 406 g/mol. The van der Waals surface area contributed by atoms with Crippen molar-refractivity contribution in [2.75, 3.05) is 12.4 Å². The van der Waals surface area contributed by atoms with E-state index in [1.165, 1.54) is 0 Å². The molecule has 0 saturated heterocycles. The molecule has 4 rings (SSSR count). The van der Waals surface area contributed by atoms with E-state index >= 15 is 0 Å². The molecule has 5 nitrogen and oxygen atoms in total. The molecule has 0 spiro atoms. The quantitative estimate of drug-likeness (QED) is 0.634. The van der Waals surface area contributed by atoms with Crippen LogP contribution in [0.15, 0.2) is 59.0 Å². The van der Waals surface area contributed by atoms with Crippen LogP contribution in [0.1, 0.15) is 30.9 Å². The number of allylic oxidation sites excluding steroid dienone is 4. The van der Waals surface area contributed by atoms with Crippen molar-refractivity contribution in [3.63, 3.8) is 0 Å². The van der Waals surface area contributed by atoms with Gasteiger partial charge in [0.1, 0.15) is 0 Å². The molecule has 0 saturated carbocycles. The summed E-state index contributed by atoms with van der Waals surface area (Å²) in [5.41, 5.74) is 6.06. The van der Waals surface area contributed by atoms with Gasteiger partial charge in [0, 0.05) is 29.7 Å². The Hall–Kier alpha value is -3.05. The van der Waals surface area contributed by atoms with E-state index in [0.29, 0.717) is 12.1 Å². The lowest BCUT2D eigenvalue weighted by Gasteiger charge is -2.14. The van der Waals surface area contributed by atoms with Gasteiger partial charge in [-0.1, -0.05) is 31.2 Å². The van der Waals surface area contributed by atoms with Crippen LogP contribution in [-0.2, 0) is 6.42 Å². The Kier molecular flexibility index (Phi) is 5.16. The van der Waals surface area contributed by atoms with E-state index in [1.54, 1.807) is 21.4 Å². The zero-order valence-electron chi connectivity index (χ0n) is 16.6. The number of nitrogens with one attached hydrogen (secondary N) is 1. The highest BCUT2D eigenvalue weighted by molar-refractivity contribution is 6.29. The van der Waals surface area contributed by atoms with Crippen molar-refractivity contribution in [3.05, 3.63) is 75.8 Å². The average molecular weight is 407 g/mol. The normalized spacial score (nSPS) is 13.9. The van der Waals surface area contributed by atoms with E-state index in [0.717, 1.165) is 51.6 Å². The van der Waals surface area contributed by atoms with Crippen molar-refractivity contribution in [2.24, 2.45) is 0 Å². The van der Waals surface area contributed by atoms with E-state index in [1.807, 2.05) is 43.5 Å². The van der Waals surface area contributed by atoms with Crippen LogP contribution in [0, 0.1) is 0 Å². The van der Waals surface area contributed by atoms with E-state index < -0.39 is 0 Å².